The molecule has 0 unspecified atom stereocenters. The Balaban J connectivity index is 3.00. The van der Waals surface area contributed by atoms with Crippen LogP contribution in [0.25, 0.3) is 0 Å². The van der Waals surface area contributed by atoms with Crippen molar-refractivity contribution in [2.45, 2.75) is 6.92 Å². The normalized spacial score (nSPS) is 7.71. The van der Waals surface area contributed by atoms with Gasteiger partial charge in [-0.05, 0) is 6.92 Å². The van der Waals surface area contributed by atoms with E-state index in [1.807, 2.05) is 6.92 Å². The minimum absolute atomic E-state index is 0.248. The third kappa shape index (κ3) is 3.09. The first-order valence-electron chi connectivity index (χ1n) is 2.20. The molecule has 0 saturated carbocycles. The Morgan fingerprint density at radius 1 is 1.86 bits per heavy atom. The molecule has 0 fully saturated rings. The molecule has 0 saturated heterocycles. The first-order valence-corrected chi connectivity index (χ1v) is 2.20. The average Bonchev–Trinajstić information content (AvgIpc) is 1.68. The number of hydrogen-bond acceptors (Lipinski definition) is 1. The molecular formula is C4H9N2O. The molecule has 0 aromatic rings. The number of carbonyl (C=O) groups is 1. The Morgan fingerprint density at radius 2 is 2.43 bits per heavy atom. The predicted molar refractivity (Wildman–Crippen MR) is 27.1 cm³/mol. The van der Waals surface area contributed by atoms with Crippen molar-refractivity contribution in [3.05, 3.63) is 0 Å². The van der Waals surface area contributed by atoms with Gasteiger partial charge in [-0.3, -0.25) is 0 Å². The second kappa shape index (κ2) is 3.46. The van der Waals surface area contributed by atoms with Crippen molar-refractivity contribution >= 4 is 6.03 Å². The number of rotatable bonds is 1. The van der Waals surface area contributed by atoms with Crippen LogP contribution >= 0.6 is 0 Å². The highest BCUT2D eigenvalue weighted by Gasteiger charge is 1.89. The van der Waals surface area contributed by atoms with E-state index in [4.69, 9.17) is 0 Å². The number of carbonyl (C=O) groups excluding carboxylic acids is 1. The molecule has 7 heavy (non-hydrogen) atoms. The number of nitrogens with one attached hydrogen (secondary N) is 1. The molecule has 0 spiro atoms. The van der Waals surface area contributed by atoms with Crippen molar-refractivity contribution in [2.24, 2.45) is 0 Å². The number of urea groups is 1. The summed E-state index contributed by atoms with van der Waals surface area (Å²) in [5.74, 6) is 0. The third-order valence-electron chi connectivity index (χ3n) is 0.516. The Kier molecular flexibility index (Phi) is 3.10. The van der Waals surface area contributed by atoms with Gasteiger partial charge in [-0.1, -0.05) is 0 Å². The summed E-state index contributed by atoms with van der Waals surface area (Å²) in [5.41, 5.74) is 0. The second-order valence-electron chi connectivity index (χ2n) is 1.03. The van der Waals surface area contributed by atoms with Crippen LogP contribution in [-0.2, 0) is 0 Å². The number of hydrogen-bond donors (Lipinski definition) is 1. The summed E-state index contributed by atoms with van der Waals surface area (Å²) in [7, 11) is 1.56. The van der Waals surface area contributed by atoms with E-state index in [2.05, 4.69) is 10.6 Å². The van der Waals surface area contributed by atoms with Crippen molar-refractivity contribution in [1.29, 1.82) is 0 Å². The first-order chi connectivity index (χ1) is 3.31. The van der Waals surface area contributed by atoms with Crippen LogP contribution < -0.4 is 10.6 Å². The van der Waals surface area contributed by atoms with Crippen LogP contribution in [0, 0.1) is 0 Å². The lowest BCUT2D eigenvalue weighted by molar-refractivity contribution is 0.242. The quantitative estimate of drug-likeness (QED) is 0.494. The van der Waals surface area contributed by atoms with Gasteiger partial charge in [0.25, 0.3) is 0 Å². The van der Waals surface area contributed by atoms with Crippen molar-refractivity contribution in [2.75, 3.05) is 13.6 Å². The topological polar surface area (TPSA) is 43.2 Å². The van der Waals surface area contributed by atoms with E-state index in [0.717, 1.165) is 0 Å². The third-order valence-corrected chi connectivity index (χ3v) is 0.516. The Morgan fingerprint density at radius 3 is 2.57 bits per heavy atom. The van der Waals surface area contributed by atoms with E-state index in [9.17, 15) is 4.79 Å². The van der Waals surface area contributed by atoms with Crippen molar-refractivity contribution < 1.29 is 4.79 Å². The van der Waals surface area contributed by atoms with Crippen LogP contribution in [0.1, 0.15) is 6.92 Å². The van der Waals surface area contributed by atoms with Crippen LogP contribution in [0.5, 0.6) is 0 Å². The van der Waals surface area contributed by atoms with Crippen molar-refractivity contribution in [3.8, 4) is 0 Å². The summed E-state index contributed by atoms with van der Waals surface area (Å²) < 4.78 is 0. The Labute approximate surface area is 43.1 Å². The van der Waals surface area contributed by atoms with Crippen LogP contribution in [0.15, 0.2) is 0 Å². The van der Waals surface area contributed by atoms with Gasteiger partial charge in [-0.15, -0.1) is 0 Å². The molecule has 0 aliphatic carbocycles. The molecule has 0 aromatic heterocycles. The Hall–Kier alpha value is -0.730. The zero-order chi connectivity index (χ0) is 5.70. The summed E-state index contributed by atoms with van der Waals surface area (Å²) >= 11 is 0. The lowest BCUT2D eigenvalue weighted by Gasteiger charge is -1.92. The largest absolute Gasteiger partial charge is 0.340 e. The standard InChI is InChI=1S/C4H9N2O/c1-3-6-4(7)5-2/h3H2,1-2H3,(H,5,7). The van der Waals surface area contributed by atoms with E-state index < -0.39 is 0 Å². The molecule has 0 rings (SSSR count). The Bertz CT molecular complexity index is 62.7. The fourth-order valence-corrected chi connectivity index (χ4v) is 0.223. The summed E-state index contributed by atoms with van der Waals surface area (Å²) in [4.78, 5) is 10.1. The minimum Gasteiger partial charge on any atom is -0.340 e. The van der Waals surface area contributed by atoms with E-state index in [-0.39, 0.29) is 6.03 Å². The van der Waals surface area contributed by atoms with E-state index in [0.29, 0.717) is 6.54 Å². The van der Waals surface area contributed by atoms with Gasteiger partial charge in [0.2, 0.25) is 0 Å². The van der Waals surface area contributed by atoms with E-state index in [1.54, 1.807) is 7.05 Å². The highest BCUT2D eigenvalue weighted by molar-refractivity contribution is 5.72. The smallest absolute Gasteiger partial charge is 0.336 e. The summed E-state index contributed by atoms with van der Waals surface area (Å²) in [5, 5.41) is 5.85. The summed E-state index contributed by atoms with van der Waals surface area (Å²) in [6.07, 6.45) is 0. The maximum atomic E-state index is 10.1. The van der Waals surface area contributed by atoms with Gasteiger partial charge >= 0.3 is 6.03 Å². The molecule has 3 nitrogen and oxygen atoms in total. The van der Waals surface area contributed by atoms with Crippen LogP contribution in [0.2, 0.25) is 0 Å². The first kappa shape index (κ1) is 6.27. The van der Waals surface area contributed by atoms with Crippen LogP contribution in [-0.4, -0.2) is 19.6 Å². The lowest BCUT2D eigenvalue weighted by atomic mass is 10.7. The molecule has 0 bridgehead atoms. The minimum atomic E-state index is -0.248. The monoisotopic (exact) mass is 101 g/mol. The number of nitrogens with zero attached hydrogens (tertiary/aromatic N) is 1. The fourth-order valence-electron chi connectivity index (χ4n) is 0.223. The van der Waals surface area contributed by atoms with Gasteiger partial charge in [0, 0.05) is 13.6 Å². The van der Waals surface area contributed by atoms with Gasteiger partial charge in [-0.2, -0.15) is 0 Å². The van der Waals surface area contributed by atoms with Gasteiger partial charge in [-0.25, -0.2) is 10.1 Å². The van der Waals surface area contributed by atoms with Gasteiger partial charge in [0.05, 0.1) is 0 Å². The maximum Gasteiger partial charge on any atom is 0.336 e. The van der Waals surface area contributed by atoms with Crippen LogP contribution in [0.4, 0.5) is 4.79 Å². The maximum absolute atomic E-state index is 10.1. The lowest BCUT2D eigenvalue weighted by Crippen LogP contribution is -2.26. The molecular weight excluding hydrogens is 92.1 g/mol. The SMILES string of the molecule is CC[N]C(=O)NC. The average molecular weight is 101 g/mol. The molecule has 2 amide bonds. The van der Waals surface area contributed by atoms with E-state index in [1.165, 1.54) is 0 Å². The summed E-state index contributed by atoms with van der Waals surface area (Å²) in [6.45, 7) is 2.37. The molecule has 1 N–H and O–H groups in total. The molecule has 0 heterocycles. The highest BCUT2D eigenvalue weighted by Crippen LogP contribution is 1.60. The molecule has 1 radical (unpaired) electrons. The predicted octanol–water partition coefficient (Wildman–Crippen LogP) is -0.0499. The molecule has 0 atom stereocenters. The van der Waals surface area contributed by atoms with Crippen molar-refractivity contribution in [1.82, 2.24) is 10.6 Å². The molecule has 0 aliphatic heterocycles. The molecule has 41 valence electrons. The van der Waals surface area contributed by atoms with E-state index >= 15 is 0 Å². The summed E-state index contributed by atoms with van der Waals surface area (Å²) in [6, 6.07) is -0.248. The highest BCUT2D eigenvalue weighted by atomic mass is 16.2. The van der Waals surface area contributed by atoms with Gasteiger partial charge in [0.1, 0.15) is 0 Å². The zero-order valence-corrected chi connectivity index (χ0v) is 4.56. The zero-order valence-electron chi connectivity index (χ0n) is 4.56. The molecule has 3 heteroatoms. The van der Waals surface area contributed by atoms with Crippen molar-refractivity contribution in [3.63, 3.8) is 0 Å². The van der Waals surface area contributed by atoms with Gasteiger partial charge < -0.3 is 5.32 Å². The molecule has 0 aromatic carbocycles. The van der Waals surface area contributed by atoms with Crippen LogP contribution in [0.3, 0.4) is 0 Å². The van der Waals surface area contributed by atoms with Gasteiger partial charge in [0.15, 0.2) is 0 Å². The second-order valence-corrected chi connectivity index (χ2v) is 1.03. The molecule has 0 aliphatic rings. The fraction of sp³-hybridized carbons (Fsp3) is 0.750. The number of amides is 2.